The van der Waals surface area contributed by atoms with Crippen LogP contribution in [0.3, 0.4) is 0 Å². The highest BCUT2D eigenvalue weighted by Crippen LogP contribution is 2.30. The van der Waals surface area contributed by atoms with E-state index in [1.165, 1.54) is 11.1 Å². The molecule has 0 radical (unpaired) electrons. The van der Waals surface area contributed by atoms with Gasteiger partial charge in [0.05, 0.1) is 23.3 Å². The van der Waals surface area contributed by atoms with E-state index < -0.39 is 0 Å². The van der Waals surface area contributed by atoms with Crippen LogP contribution in [0.5, 0.6) is 0 Å². The van der Waals surface area contributed by atoms with Crippen molar-refractivity contribution in [1.82, 2.24) is 20.2 Å². The number of pyridine rings is 2. The molecule has 2 aromatic heterocycles. The summed E-state index contributed by atoms with van der Waals surface area (Å²) in [6.45, 7) is 11.9. The lowest BCUT2D eigenvalue weighted by Crippen LogP contribution is -2.54. The average Bonchev–Trinajstić information content (AvgIpc) is 2.92. The topological polar surface area (TPSA) is 80.6 Å². The number of rotatable bonds is 4. The molecule has 3 aromatic rings. The first kappa shape index (κ1) is 24.1. The van der Waals surface area contributed by atoms with Gasteiger partial charge in [0.1, 0.15) is 11.9 Å². The number of hydrogen-bond acceptors (Lipinski definition) is 8. The Balaban J connectivity index is 1.10. The Morgan fingerprint density at radius 2 is 1.92 bits per heavy atom. The van der Waals surface area contributed by atoms with E-state index in [-0.39, 0.29) is 12.2 Å². The van der Waals surface area contributed by atoms with E-state index >= 15 is 0 Å². The summed E-state index contributed by atoms with van der Waals surface area (Å²) in [6.07, 6.45) is 5.17. The van der Waals surface area contributed by atoms with Crippen molar-refractivity contribution in [2.75, 3.05) is 55.6 Å². The molecule has 3 atom stereocenters. The highest BCUT2D eigenvalue weighted by Gasteiger charge is 2.30. The molecule has 1 aromatic carbocycles. The molecule has 6 rings (SSSR count). The summed E-state index contributed by atoms with van der Waals surface area (Å²) < 4.78 is 6.40. The molecule has 2 fully saturated rings. The third-order valence-electron chi connectivity index (χ3n) is 7.93. The molecule has 3 aliphatic heterocycles. The van der Waals surface area contributed by atoms with Gasteiger partial charge in [-0.05, 0) is 61.7 Å². The molecule has 8 heteroatoms. The maximum absolute atomic E-state index is 9.52. The van der Waals surface area contributed by atoms with Gasteiger partial charge in [-0.1, -0.05) is 0 Å². The first-order chi connectivity index (χ1) is 18.1. The zero-order chi connectivity index (χ0) is 25.4. The largest absolute Gasteiger partial charge is 0.370 e. The quantitative estimate of drug-likeness (QED) is 0.589. The number of benzene rings is 1. The van der Waals surface area contributed by atoms with E-state index in [4.69, 9.17) is 9.72 Å². The Labute approximate surface area is 218 Å². The second-order valence-electron chi connectivity index (χ2n) is 10.7. The van der Waals surface area contributed by atoms with Crippen LogP contribution in [0, 0.1) is 11.3 Å². The highest BCUT2D eigenvalue weighted by molar-refractivity contribution is 5.95. The van der Waals surface area contributed by atoms with Gasteiger partial charge in [0.25, 0.3) is 0 Å². The first-order valence-electron chi connectivity index (χ1n) is 13.4. The zero-order valence-electron chi connectivity index (χ0n) is 21.7. The Kier molecular flexibility index (Phi) is 6.68. The molecular formula is C29H35N7O. The van der Waals surface area contributed by atoms with Crippen molar-refractivity contribution >= 4 is 22.4 Å². The fraction of sp³-hybridized carbons (Fsp3) is 0.483. The van der Waals surface area contributed by atoms with E-state index in [9.17, 15) is 5.26 Å². The van der Waals surface area contributed by atoms with E-state index in [0.29, 0.717) is 11.6 Å². The molecule has 0 aliphatic carbocycles. The van der Waals surface area contributed by atoms with Crippen LogP contribution in [-0.2, 0) is 17.7 Å². The smallest absolute Gasteiger partial charge is 0.128 e. The van der Waals surface area contributed by atoms with Crippen LogP contribution in [0.25, 0.3) is 10.9 Å². The summed E-state index contributed by atoms with van der Waals surface area (Å²) in [6, 6.07) is 13.1. The van der Waals surface area contributed by atoms with Crippen LogP contribution in [-0.4, -0.2) is 78.9 Å². The number of aromatic nitrogens is 2. The first-order valence-corrected chi connectivity index (χ1v) is 13.4. The van der Waals surface area contributed by atoms with E-state index in [1.807, 2.05) is 12.1 Å². The van der Waals surface area contributed by atoms with Crippen molar-refractivity contribution in [1.29, 1.82) is 5.26 Å². The van der Waals surface area contributed by atoms with Crippen LogP contribution < -0.4 is 15.1 Å². The molecule has 0 amide bonds. The molecule has 5 heterocycles. The summed E-state index contributed by atoms with van der Waals surface area (Å²) in [5, 5.41) is 14.1. The number of fused-ring (bicyclic) bond motifs is 2. The molecule has 8 nitrogen and oxygen atoms in total. The second kappa shape index (κ2) is 10.3. The van der Waals surface area contributed by atoms with Crippen LogP contribution >= 0.6 is 0 Å². The Bertz CT molecular complexity index is 1310. The number of nitriles is 1. The van der Waals surface area contributed by atoms with Crippen LogP contribution in [0.1, 0.15) is 30.5 Å². The van der Waals surface area contributed by atoms with Gasteiger partial charge >= 0.3 is 0 Å². The molecule has 0 bridgehead atoms. The van der Waals surface area contributed by atoms with Crippen molar-refractivity contribution in [2.24, 2.45) is 0 Å². The minimum Gasteiger partial charge on any atom is -0.370 e. The number of morpholine rings is 1. The lowest BCUT2D eigenvalue weighted by Gasteiger charge is -2.42. The third-order valence-corrected chi connectivity index (χ3v) is 7.93. The predicted octanol–water partition coefficient (Wildman–Crippen LogP) is 2.95. The average molecular weight is 498 g/mol. The van der Waals surface area contributed by atoms with Crippen molar-refractivity contribution in [2.45, 2.75) is 45.1 Å². The van der Waals surface area contributed by atoms with E-state index in [0.717, 1.165) is 81.2 Å². The molecule has 37 heavy (non-hydrogen) atoms. The molecule has 3 aliphatic rings. The number of ether oxygens (including phenoxy) is 1. The summed E-state index contributed by atoms with van der Waals surface area (Å²) in [5.41, 5.74) is 5.30. The molecule has 1 N–H and O–H groups in total. The third kappa shape index (κ3) is 4.99. The predicted molar refractivity (Wildman–Crippen MR) is 146 cm³/mol. The van der Waals surface area contributed by atoms with Crippen LogP contribution in [0.4, 0.5) is 11.5 Å². The fourth-order valence-corrected chi connectivity index (χ4v) is 6.03. The van der Waals surface area contributed by atoms with Gasteiger partial charge in [0, 0.05) is 81.9 Å². The molecule has 0 unspecified atom stereocenters. The van der Waals surface area contributed by atoms with Crippen LogP contribution in [0.15, 0.2) is 42.7 Å². The monoisotopic (exact) mass is 497 g/mol. The summed E-state index contributed by atoms with van der Waals surface area (Å²) >= 11 is 0. The van der Waals surface area contributed by atoms with Crippen molar-refractivity contribution in [3.8, 4) is 6.07 Å². The summed E-state index contributed by atoms with van der Waals surface area (Å²) in [5.74, 6) is 1.10. The van der Waals surface area contributed by atoms with Crippen molar-refractivity contribution in [3.05, 3.63) is 59.4 Å². The van der Waals surface area contributed by atoms with Gasteiger partial charge in [-0.3, -0.25) is 9.88 Å². The molecular weight excluding hydrogens is 462 g/mol. The van der Waals surface area contributed by atoms with Crippen molar-refractivity contribution in [3.63, 3.8) is 0 Å². The molecule has 2 saturated heterocycles. The standard InChI is InChI=1S/C29H35N7O/c1-20-12-23-16-33-28(13-24(23)15-32-20)35-10-8-34(9-11-35)18-25-19-36(17-21(2)37-25)27-6-5-22(14-30)29-26(27)4-3-7-31-29/h3-7,13,16,20-21,25,32H,8-12,15,17-19H2,1-2H3/t20-,21+,25-/m0/s1. The molecule has 192 valence electrons. The van der Waals surface area contributed by atoms with Gasteiger partial charge in [-0.2, -0.15) is 5.26 Å². The maximum Gasteiger partial charge on any atom is 0.128 e. The number of piperazine rings is 1. The number of hydrogen-bond donors (Lipinski definition) is 1. The maximum atomic E-state index is 9.52. The summed E-state index contributed by atoms with van der Waals surface area (Å²) in [7, 11) is 0. The Morgan fingerprint density at radius 3 is 2.76 bits per heavy atom. The summed E-state index contributed by atoms with van der Waals surface area (Å²) in [4.78, 5) is 16.7. The lowest BCUT2D eigenvalue weighted by atomic mass is 9.98. The molecule has 0 saturated carbocycles. The number of nitrogens with one attached hydrogen (secondary N) is 1. The number of nitrogens with zero attached hydrogens (tertiary/aromatic N) is 6. The van der Waals surface area contributed by atoms with Crippen molar-refractivity contribution < 1.29 is 4.74 Å². The minimum atomic E-state index is 0.132. The highest BCUT2D eigenvalue weighted by atomic mass is 16.5. The van der Waals surface area contributed by atoms with Crippen LogP contribution in [0.2, 0.25) is 0 Å². The van der Waals surface area contributed by atoms with Gasteiger partial charge in [-0.25, -0.2) is 4.98 Å². The fourth-order valence-electron chi connectivity index (χ4n) is 6.03. The lowest BCUT2D eigenvalue weighted by molar-refractivity contribution is -0.0327. The normalized spacial score (nSPS) is 24.6. The van der Waals surface area contributed by atoms with Gasteiger partial charge < -0.3 is 19.9 Å². The number of anilines is 2. The van der Waals surface area contributed by atoms with Gasteiger partial charge in [-0.15, -0.1) is 0 Å². The Hall–Kier alpha value is -3.25. The SMILES string of the molecule is C[C@@H]1CN(c2ccc(C#N)c3ncccc23)C[C@H](CN2CCN(c3cc4c(cn3)C[C@H](C)NC4)CC2)O1. The second-order valence-corrected chi connectivity index (χ2v) is 10.7. The minimum absolute atomic E-state index is 0.132. The van der Waals surface area contributed by atoms with Gasteiger partial charge in [0.2, 0.25) is 0 Å². The molecule has 0 spiro atoms. The van der Waals surface area contributed by atoms with E-state index in [1.54, 1.807) is 6.20 Å². The van der Waals surface area contributed by atoms with E-state index in [2.05, 4.69) is 69.3 Å². The van der Waals surface area contributed by atoms with Gasteiger partial charge in [0.15, 0.2) is 0 Å². The zero-order valence-corrected chi connectivity index (χ0v) is 21.7. The Morgan fingerprint density at radius 1 is 1.05 bits per heavy atom.